The number of nitrogens with zero attached hydrogens (tertiary/aromatic N) is 2. The Hall–Kier alpha value is -2.34. The zero-order valence-electron chi connectivity index (χ0n) is 19.0. The number of hydrogen-bond donors (Lipinski definition) is 1. The van der Waals surface area contributed by atoms with Crippen LogP contribution in [-0.2, 0) is 24.8 Å². The molecule has 1 aliphatic rings. The Bertz CT molecular complexity index is 1230. The lowest BCUT2D eigenvalue weighted by Crippen LogP contribution is -2.37. The minimum atomic E-state index is -3.79. The number of carbonyl (C=O) groups excluding carboxylic acids is 1. The predicted molar refractivity (Wildman–Crippen MR) is 132 cm³/mol. The number of halogens is 1. The van der Waals surface area contributed by atoms with Crippen LogP contribution < -0.4 is 14.4 Å². The number of carbonyl (C=O) groups is 1. The molecule has 1 fully saturated rings. The normalized spacial score (nSPS) is 15.4. The molecule has 3 rings (SSSR count). The minimum absolute atomic E-state index is 0.151. The number of amides is 1. The summed E-state index contributed by atoms with van der Waals surface area (Å²) in [6.07, 6.45) is 4.70. The van der Waals surface area contributed by atoms with Gasteiger partial charge in [0.2, 0.25) is 26.0 Å². The number of methoxy groups -OCH3 is 1. The molecular weight excluding hydrogens is 502 g/mol. The highest BCUT2D eigenvalue weighted by Crippen LogP contribution is 2.30. The average Bonchev–Trinajstić information content (AvgIpc) is 3.07. The van der Waals surface area contributed by atoms with E-state index in [-0.39, 0.29) is 15.6 Å². The molecule has 0 spiro atoms. The highest BCUT2D eigenvalue weighted by atomic mass is 35.5. The van der Waals surface area contributed by atoms with E-state index >= 15 is 0 Å². The van der Waals surface area contributed by atoms with Crippen molar-refractivity contribution < 1.29 is 26.4 Å². The second-order valence-electron chi connectivity index (χ2n) is 7.98. The molecule has 0 unspecified atom stereocenters. The molecule has 1 aliphatic heterocycles. The number of hydrogen-bond acceptors (Lipinski definition) is 6. The van der Waals surface area contributed by atoms with E-state index in [9.17, 15) is 21.6 Å². The molecule has 0 aromatic heterocycles. The van der Waals surface area contributed by atoms with Crippen LogP contribution in [0.4, 0.5) is 11.4 Å². The van der Waals surface area contributed by atoms with Crippen LogP contribution in [0.25, 0.3) is 0 Å². The standard InChI is InChI=1S/C22H28ClN3O6S2/c1-32-21-12-9-18(15-20(21)23)26(33(2,28)29)16-22(27)24-17-7-10-19(11-8-17)34(30,31)25-13-5-3-4-6-14-25/h7-12,15H,3-6,13-14,16H2,1-2H3,(H,24,27). The molecule has 0 atom stereocenters. The molecule has 186 valence electrons. The van der Waals surface area contributed by atoms with Crippen LogP contribution >= 0.6 is 11.6 Å². The van der Waals surface area contributed by atoms with Gasteiger partial charge in [0.1, 0.15) is 12.3 Å². The summed E-state index contributed by atoms with van der Waals surface area (Å²) in [5.74, 6) is -0.223. The maximum Gasteiger partial charge on any atom is 0.245 e. The first-order valence-corrected chi connectivity index (χ1v) is 14.4. The van der Waals surface area contributed by atoms with E-state index in [0.717, 1.165) is 36.2 Å². The Morgan fingerprint density at radius 2 is 1.65 bits per heavy atom. The molecular formula is C22H28ClN3O6S2. The Labute approximate surface area is 205 Å². The van der Waals surface area contributed by atoms with Crippen LogP contribution in [0.3, 0.4) is 0 Å². The van der Waals surface area contributed by atoms with Gasteiger partial charge in [-0.15, -0.1) is 0 Å². The highest BCUT2D eigenvalue weighted by Gasteiger charge is 2.25. The molecule has 0 radical (unpaired) electrons. The molecule has 1 heterocycles. The first kappa shape index (κ1) is 26.3. The topological polar surface area (TPSA) is 113 Å². The van der Waals surface area contributed by atoms with Gasteiger partial charge < -0.3 is 10.1 Å². The lowest BCUT2D eigenvalue weighted by molar-refractivity contribution is -0.114. The van der Waals surface area contributed by atoms with Crippen molar-refractivity contribution >= 4 is 48.9 Å². The van der Waals surface area contributed by atoms with Gasteiger partial charge in [0.05, 0.1) is 29.0 Å². The number of nitrogens with one attached hydrogen (secondary N) is 1. The number of ether oxygens (including phenoxy) is 1. The van der Waals surface area contributed by atoms with Crippen LogP contribution in [0.2, 0.25) is 5.02 Å². The van der Waals surface area contributed by atoms with Gasteiger partial charge >= 0.3 is 0 Å². The van der Waals surface area contributed by atoms with Crippen molar-refractivity contribution in [3.8, 4) is 5.75 Å². The van der Waals surface area contributed by atoms with E-state index < -0.39 is 32.5 Å². The zero-order valence-corrected chi connectivity index (χ0v) is 21.4. The zero-order chi connectivity index (χ0) is 24.9. The summed E-state index contributed by atoms with van der Waals surface area (Å²) in [6, 6.07) is 10.2. The van der Waals surface area contributed by atoms with Crippen molar-refractivity contribution in [3.05, 3.63) is 47.5 Å². The lowest BCUT2D eigenvalue weighted by Gasteiger charge is -2.22. The second kappa shape index (κ2) is 10.9. The van der Waals surface area contributed by atoms with E-state index in [1.165, 1.54) is 53.9 Å². The van der Waals surface area contributed by atoms with Gasteiger partial charge in [-0.3, -0.25) is 9.10 Å². The van der Waals surface area contributed by atoms with E-state index in [1.807, 2.05) is 0 Å². The SMILES string of the molecule is COc1ccc(N(CC(=O)Nc2ccc(S(=O)(=O)N3CCCCCC3)cc2)S(C)(=O)=O)cc1Cl. The maximum absolute atomic E-state index is 12.9. The van der Waals surface area contributed by atoms with Crippen LogP contribution in [0, 0.1) is 0 Å². The maximum atomic E-state index is 12.9. The fraction of sp³-hybridized carbons (Fsp3) is 0.409. The second-order valence-corrected chi connectivity index (χ2v) is 12.2. The average molecular weight is 530 g/mol. The molecule has 0 saturated carbocycles. The summed E-state index contributed by atoms with van der Waals surface area (Å²) in [4.78, 5) is 12.8. The Balaban J connectivity index is 1.72. The first-order chi connectivity index (χ1) is 16.0. The molecule has 2 aromatic rings. The molecule has 2 aromatic carbocycles. The number of rotatable bonds is 8. The Kier molecular flexibility index (Phi) is 8.45. The third kappa shape index (κ3) is 6.41. The van der Waals surface area contributed by atoms with Crippen molar-refractivity contribution in [1.29, 1.82) is 0 Å². The summed E-state index contributed by atoms with van der Waals surface area (Å²) < 4.78 is 57.9. The monoisotopic (exact) mass is 529 g/mol. The van der Waals surface area contributed by atoms with Gasteiger partial charge in [0.15, 0.2) is 0 Å². The molecule has 0 aliphatic carbocycles. The fourth-order valence-electron chi connectivity index (χ4n) is 3.68. The van der Waals surface area contributed by atoms with Gasteiger partial charge in [-0.1, -0.05) is 24.4 Å². The smallest absolute Gasteiger partial charge is 0.245 e. The molecule has 0 bridgehead atoms. The largest absolute Gasteiger partial charge is 0.495 e. The number of sulfonamides is 2. The lowest BCUT2D eigenvalue weighted by atomic mass is 10.2. The fourth-order valence-corrected chi connectivity index (χ4v) is 6.30. The van der Waals surface area contributed by atoms with Gasteiger partial charge in [-0.05, 0) is 55.3 Å². The summed E-state index contributed by atoms with van der Waals surface area (Å²) in [6.45, 7) is 0.504. The van der Waals surface area contributed by atoms with Gasteiger partial charge in [-0.2, -0.15) is 4.31 Å². The molecule has 9 nitrogen and oxygen atoms in total. The van der Waals surface area contributed by atoms with Crippen LogP contribution in [-0.4, -0.2) is 60.0 Å². The molecule has 1 amide bonds. The third-order valence-corrected chi connectivity index (χ3v) is 8.80. The third-order valence-electron chi connectivity index (χ3n) is 5.45. The van der Waals surface area contributed by atoms with Crippen LogP contribution in [0.5, 0.6) is 5.75 Å². The van der Waals surface area contributed by atoms with E-state index in [1.54, 1.807) is 0 Å². The van der Waals surface area contributed by atoms with Crippen molar-refractivity contribution in [1.82, 2.24) is 4.31 Å². The highest BCUT2D eigenvalue weighted by molar-refractivity contribution is 7.92. The van der Waals surface area contributed by atoms with Gasteiger partial charge in [0, 0.05) is 18.8 Å². The molecule has 34 heavy (non-hydrogen) atoms. The number of benzene rings is 2. The summed E-state index contributed by atoms with van der Waals surface area (Å²) in [5, 5.41) is 2.81. The summed E-state index contributed by atoms with van der Waals surface area (Å²) in [5.41, 5.74) is 0.559. The van der Waals surface area contributed by atoms with E-state index in [0.29, 0.717) is 24.5 Å². The van der Waals surface area contributed by atoms with Crippen molar-refractivity contribution in [3.63, 3.8) is 0 Å². The quantitative estimate of drug-likeness (QED) is 0.561. The van der Waals surface area contributed by atoms with Gasteiger partial charge in [-0.25, -0.2) is 16.8 Å². The van der Waals surface area contributed by atoms with Crippen LogP contribution in [0.1, 0.15) is 25.7 Å². The van der Waals surface area contributed by atoms with Crippen molar-refractivity contribution in [2.45, 2.75) is 30.6 Å². The molecule has 12 heteroatoms. The van der Waals surface area contributed by atoms with Crippen LogP contribution in [0.15, 0.2) is 47.4 Å². The van der Waals surface area contributed by atoms with E-state index in [4.69, 9.17) is 16.3 Å². The predicted octanol–water partition coefficient (Wildman–Crippen LogP) is 3.32. The Morgan fingerprint density at radius 1 is 1.03 bits per heavy atom. The number of anilines is 2. The summed E-state index contributed by atoms with van der Waals surface area (Å²) >= 11 is 6.11. The van der Waals surface area contributed by atoms with Crippen molar-refractivity contribution in [2.75, 3.05) is 42.6 Å². The summed E-state index contributed by atoms with van der Waals surface area (Å²) in [7, 11) is -5.96. The molecule has 1 N–H and O–H groups in total. The van der Waals surface area contributed by atoms with Crippen molar-refractivity contribution in [2.24, 2.45) is 0 Å². The Morgan fingerprint density at radius 3 is 2.18 bits per heavy atom. The molecule has 1 saturated heterocycles. The van der Waals surface area contributed by atoms with Gasteiger partial charge in [0.25, 0.3) is 0 Å². The minimum Gasteiger partial charge on any atom is -0.495 e. The van der Waals surface area contributed by atoms with E-state index in [2.05, 4.69) is 5.32 Å². The first-order valence-electron chi connectivity index (χ1n) is 10.7.